The third kappa shape index (κ3) is 9.76. The summed E-state index contributed by atoms with van der Waals surface area (Å²) in [4.78, 5) is 103. The van der Waals surface area contributed by atoms with E-state index in [0.717, 1.165) is 4.90 Å². The molecule has 2 aliphatic heterocycles. The lowest BCUT2D eigenvalue weighted by Gasteiger charge is -2.32. The van der Waals surface area contributed by atoms with Gasteiger partial charge in [0.1, 0.15) is 17.5 Å². The van der Waals surface area contributed by atoms with Crippen LogP contribution in [0.15, 0.2) is 30.3 Å². The molecule has 1 saturated heterocycles. The molecule has 2 aromatic rings. The van der Waals surface area contributed by atoms with Crippen LogP contribution in [-0.2, 0) is 35.8 Å². The molecule has 0 radical (unpaired) electrons. The second-order valence-corrected chi connectivity index (χ2v) is 11.7. The molecule has 3 heterocycles. The topological polar surface area (TPSA) is 214 Å². The molecule has 0 spiro atoms. The molecule has 1 aromatic heterocycles. The number of fused-ring (bicyclic) bond motifs is 1. The fourth-order valence-electron chi connectivity index (χ4n) is 5.42. The van der Waals surface area contributed by atoms with Crippen LogP contribution in [0.4, 0.5) is 13.2 Å². The van der Waals surface area contributed by atoms with Gasteiger partial charge in [0.15, 0.2) is 12.6 Å². The number of likely N-dealkylation sites (N-methyl/N-ethyl adjacent to an activating group) is 2. The van der Waals surface area contributed by atoms with Gasteiger partial charge in [0.25, 0.3) is 17.7 Å². The number of amides is 6. The van der Waals surface area contributed by atoms with Crippen molar-refractivity contribution in [2.45, 2.75) is 44.9 Å². The molecular weight excluding hydrogens is 713 g/mol. The van der Waals surface area contributed by atoms with Crippen LogP contribution in [0, 0.1) is 0 Å². The molecule has 1 aromatic carbocycles. The molecule has 2 atom stereocenters. The SMILES string of the molecule is CCNC(=O)C(c1ccc(C(=O)OC)n1C)N(CCN(C)CC)C(=O)COc1ccc2c(c1)C(=O)N(C1CCC(=O)NC1=O)C2=O.O=C(O)C(F)(F)F. The van der Waals surface area contributed by atoms with Gasteiger partial charge >= 0.3 is 18.1 Å². The number of carboxylic acid groups (broad SMARTS) is 1. The van der Waals surface area contributed by atoms with Crippen molar-refractivity contribution in [3.05, 3.63) is 52.8 Å². The predicted octanol–water partition coefficient (Wildman–Crippen LogP) is 0.883. The zero-order chi connectivity index (χ0) is 39.8. The third-order valence-electron chi connectivity index (χ3n) is 8.35. The van der Waals surface area contributed by atoms with Crippen molar-refractivity contribution in [1.82, 2.24) is 29.9 Å². The Labute approximate surface area is 300 Å². The molecular formula is C33H39F3N6O11. The number of alkyl halides is 3. The predicted molar refractivity (Wildman–Crippen MR) is 175 cm³/mol. The molecule has 0 bridgehead atoms. The Morgan fingerprint density at radius 1 is 1.04 bits per heavy atom. The highest BCUT2D eigenvalue weighted by Gasteiger charge is 2.45. The third-order valence-corrected chi connectivity index (χ3v) is 8.35. The summed E-state index contributed by atoms with van der Waals surface area (Å²) in [6.45, 7) is 4.76. The fourth-order valence-corrected chi connectivity index (χ4v) is 5.42. The van der Waals surface area contributed by atoms with Crippen LogP contribution in [0.5, 0.6) is 5.75 Å². The molecule has 4 rings (SSSR count). The van der Waals surface area contributed by atoms with Gasteiger partial charge in [-0.2, -0.15) is 13.2 Å². The Bertz CT molecular complexity index is 1780. The fraction of sp³-hybridized carbons (Fsp3) is 0.455. The van der Waals surface area contributed by atoms with Gasteiger partial charge in [0.2, 0.25) is 17.7 Å². The average Bonchev–Trinajstić information content (AvgIpc) is 3.60. The standard InChI is InChI=1S/C31H38N6O9.C2HF3O2/c1-6-32-28(41)26(21-10-11-23(35(21)4)31(44)45-5)36(15-14-34(3)7-2)25(39)17-46-18-8-9-19-20(16-18)30(43)37(29(19)42)22-12-13-24(38)33-27(22)40;3-2(4,5)1(6)7/h8-11,16,22,26H,6-7,12-15,17H2,1-5H3,(H,32,41)(H,33,38,40);(H,6,7). The monoisotopic (exact) mass is 752 g/mol. The number of nitrogens with zero attached hydrogens (tertiary/aromatic N) is 4. The van der Waals surface area contributed by atoms with E-state index in [-0.39, 0.29) is 42.0 Å². The first-order chi connectivity index (χ1) is 24.9. The number of carboxylic acids is 1. The van der Waals surface area contributed by atoms with E-state index in [4.69, 9.17) is 19.4 Å². The number of hydrogen-bond acceptors (Lipinski definition) is 11. The molecule has 288 valence electrons. The van der Waals surface area contributed by atoms with Crippen LogP contribution in [0.1, 0.15) is 69.6 Å². The summed E-state index contributed by atoms with van der Waals surface area (Å²) in [6.07, 6.45) is -5.07. The van der Waals surface area contributed by atoms with Crippen molar-refractivity contribution in [2.75, 3.05) is 46.9 Å². The van der Waals surface area contributed by atoms with Crippen LogP contribution in [0.3, 0.4) is 0 Å². The van der Waals surface area contributed by atoms with Crippen LogP contribution < -0.4 is 15.4 Å². The Kier molecular flexibility index (Phi) is 13.8. The average molecular weight is 753 g/mol. The zero-order valence-electron chi connectivity index (χ0n) is 29.4. The largest absolute Gasteiger partial charge is 0.490 e. The summed E-state index contributed by atoms with van der Waals surface area (Å²) in [5.74, 6) is -6.82. The molecule has 3 N–H and O–H groups in total. The molecule has 20 heteroatoms. The molecule has 6 amide bonds. The number of nitrogens with one attached hydrogen (secondary N) is 2. The second-order valence-electron chi connectivity index (χ2n) is 11.7. The highest BCUT2D eigenvalue weighted by atomic mass is 19.4. The van der Waals surface area contributed by atoms with E-state index in [2.05, 4.69) is 10.6 Å². The number of carbonyl (C=O) groups excluding carboxylic acids is 7. The highest BCUT2D eigenvalue weighted by molar-refractivity contribution is 6.23. The van der Waals surface area contributed by atoms with Crippen molar-refractivity contribution in [3.63, 3.8) is 0 Å². The molecule has 0 saturated carbocycles. The number of methoxy groups -OCH3 is 1. The molecule has 53 heavy (non-hydrogen) atoms. The number of benzene rings is 1. The van der Waals surface area contributed by atoms with Crippen molar-refractivity contribution >= 4 is 47.4 Å². The summed E-state index contributed by atoms with van der Waals surface area (Å²) in [6, 6.07) is 5.01. The Hall–Kier alpha value is -5.79. The number of halogens is 3. The van der Waals surface area contributed by atoms with Gasteiger partial charge in [-0.15, -0.1) is 0 Å². The van der Waals surface area contributed by atoms with Crippen LogP contribution in [0.2, 0.25) is 0 Å². The van der Waals surface area contributed by atoms with Crippen molar-refractivity contribution in [2.24, 2.45) is 7.05 Å². The summed E-state index contributed by atoms with van der Waals surface area (Å²) < 4.78 is 43.9. The maximum Gasteiger partial charge on any atom is 0.490 e. The number of piperidine rings is 1. The van der Waals surface area contributed by atoms with E-state index in [9.17, 15) is 46.7 Å². The first-order valence-electron chi connectivity index (χ1n) is 16.2. The summed E-state index contributed by atoms with van der Waals surface area (Å²) in [7, 11) is 4.73. The molecule has 1 fully saturated rings. The minimum absolute atomic E-state index is 0.000394. The number of imide groups is 2. The van der Waals surface area contributed by atoms with Gasteiger partial charge in [0, 0.05) is 33.1 Å². The first-order valence-corrected chi connectivity index (χ1v) is 16.2. The van der Waals surface area contributed by atoms with Crippen LogP contribution >= 0.6 is 0 Å². The number of hydrogen-bond donors (Lipinski definition) is 3. The van der Waals surface area contributed by atoms with Crippen molar-refractivity contribution in [1.29, 1.82) is 0 Å². The van der Waals surface area contributed by atoms with Crippen molar-refractivity contribution in [3.8, 4) is 5.75 Å². The van der Waals surface area contributed by atoms with E-state index >= 15 is 0 Å². The van der Waals surface area contributed by atoms with E-state index in [1.165, 1.54) is 40.8 Å². The van der Waals surface area contributed by atoms with Gasteiger partial charge in [0.05, 0.1) is 23.9 Å². The van der Waals surface area contributed by atoms with E-state index < -0.39 is 72.2 Å². The Balaban J connectivity index is 0.000000980. The maximum atomic E-state index is 13.8. The molecule has 17 nitrogen and oxygen atoms in total. The summed E-state index contributed by atoms with van der Waals surface area (Å²) >= 11 is 0. The van der Waals surface area contributed by atoms with Crippen molar-refractivity contribution < 1.29 is 66.1 Å². The summed E-state index contributed by atoms with van der Waals surface area (Å²) in [5, 5.41) is 12.0. The van der Waals surface area contributed by atoms with Crippen LogP contribution in [-0.4, -0.2) is 131 Å². The van der Waals surface area contributed by atoms with Gasteiger partial charge in [-0.1, -0.05) is 6.92 Å². The minimum atomic E-state index is -5.08. The molecule has 2 unspecified atom stereocenters. The van der Waals surface area contributed by atoms with Crippen LogP contribution in [0.25, 0.3) is 0 Å². The number of aliphatic carboxylic acids is 1. The first kappa shape index (κ1) is 41.6. The lowest BCUT2D eigenvalue weighted by molar-refractivity contribution is -0.192. The molecule has 0 aliphatic carbocycles. The second kappa shape index (κ2) is 17.6. The Morgan fingerprint density at radius 3 is 2.25 bits per heavy atom. The number of esters is 1. The lowest BCUT2D eigenvalue weighted by Crippen LogP contribution is -2.54. The highest BCUT2D eigenvalue weighted by Crippen LogP contribution is 2.31. The number of rotatable bonds is 13. The number of aromatic nitrogens is 1. The number of carbonyl (C=O) groups is 8. The Morgan fingerprint density at radius 2 is 1.68 bits per heavy atom. The van der Waals surface area contributed by atoms with E-state index in [1.54, 1.807) is 20.0 Å². The summed E-state index contributed by atoms with van der Waals surface area (Å²) in [5.41, 5.74) is 0.651. The lowest BCUT2D eigenvalue weighted by atomic mass is 10.0. The van der Waals surface area contributed by atoms with Gasteiger partial charge in [-0.25, -0.2) is 9.59 Å². The zero-order valence-corrected chi connectivity index (χ0v) is 29.4. The minimum Gasteiger partial charge on any atom is -0.484 e. The smallest absolute Gasteiger partial charge is 0.484 e. The quantitative estimate of drug-likeness (QED) is 0.192. The number of ether oxygens (including phenoxy) is 2. The van der Waals surface area contributed by atoms with E-state index in [0.29, 0.717) is 25.3 Å². The van der Waals surface area contributed by atoms with Gasteiger partial charge in [-0.05, 0) is 57.3 Å². The normalized spacial score (nSPS) is 15.9. The van der Waals surface area contributed by atoms with Gasteiger partial charge < -0.3 is 34.3 Å². The van der Waals surface area contributed by atoms with Gasteiger partial charge in [-0.3, -0.25) is 39.0 Å². The molecule has 2 aliphatic rings. The maximum absolute atomic E-state index is 13.8. The van der Waals surface area contributed by atoms with E-state index in [1.807, 2.05) is 18.9 Å².